The maximum atomic E-state index is 10.4. The summed E-state index contributed by atoms with van der Waals surface area (Å²) in [5.41, 5.74) is -1.48. The zero-order chi connectivity index (χ0) is 10.0. The lowest BCUT2D eigenvalue weighted by atomic mass is 10.2. The molecule has 0 radical (unpaired) electrons. The van der Waals surface area contributed by atoms with Crippen molar-refractivity contribution in [3.63, 3.8) is 0 Å². The van der Waals surface area contributed by atoms with E-state index in [-0.39, 0.29) is 0 Å². The van der Waals surface area contributed by atoms with E-state index in [2.05, 4.69) is 4.98 Å². The van der Waals surface area contributed by atoms with Gasteiger partial charge in [-0.25, -0.2) is 4.79 Å². The van der Waals surface area contributed by atoms with Crippen LogP contribution < -0.4 is 0 Å². The smallest absolute Gasteiger partial charge is 0.344 e. The van der Waals surface area contributed by atoms with Crippen molar-refractivity contribution >= 4 is 11.7 Å². The summed E-state index contributed by atoms with van der Waals surface area (Å²) in [6.07, 6.45) is 1.62. The Labute approximate surface area is 71.4 Å². The van der Waals surface area contributed by atoms with Crippen LogP contribution in [0.4, 0.5) is 5.69 Å². The van der Waals surface area contributed by atoms with E-state index in [0.717, 1.165) is 12.4 Å². The number of rotatable bonds is 2. The fraction of sp³-hybridized carbons (Fsp3) is 0. The van der Waals surface area contributed by atoms with Gasteiger partial charge in [-0.1, -0.05) is 0 Å². The minimum Gasteiger partial charge on any atom is -0.501 e. The second kappa shape index (κ2) is 3.05. The molecule has 7 heteroatoms. The van der Waals surface area contributed by atoms with Crippen molar-refractivity contribution in [1.82, 2.24) is 4.98 Å². The first-order valence-electron chi connectivity index (χ1n) is 3.08. The van der Waals surface area contributed by atoms with E-state index < -0.39 is 27.9 Å². The van der Waals surface area contributed by atoms with Crippen molar-refractivity contribution in [1.29, 1.82) is 0 Å². The molecule has 0 atom stereocenters. The summed E-state index contributed by atoms with van der Waals surface area (Å²) in [6.45, 7) is 0. The second-order valence-corrected chi connectivity index (χ2v) is 2.12. The highest BCUT2D eigenvalue weighted by Crippen LogP contribution is 2.27. The first-order chi connectivity index (χ1) is 6.04. The van der Waals surface area contributed by atoms with Gasteiger partial charge in [-0.05, 0) is 0 Å². The number of hydrogen-bond donors (Lipinski definition) is 2. The number of nitrogens with zero attached hydrogens (tertiary/aromatic N) is 2. The lowest BCUT2D eigenvalue weighted by molar-refractivity contribution is -0.386. The highest BCUT2D eigenvalue weighted by atomic mass is 16.6. The fourth-order valence-corrected chi connectivity index (χ4v) is 0.791. The van der Waals surface area contributed by atoms with Crippen molar-refractivity contribution in [3.8, 4) is 5.75 Å². The Morgan fingerprint density at radius 1 is 1.54 bits per heavy atom. The molecule has 0 saturated carbocycles. The van der Waals surface area contributed by atoms with Crippen molar-refractivity contribution < 1.29 is 19.9 Å². The van der Waals surface area contributed by atoms with Crippen LogP contribution in [0.25, 0.3) is 0 Å². The van der Waals surface area contributed by atoms with Crippen LogP contribution in [0.5, 0.6) is 5.75 Å². The predicted molar refractivity (Wildman–Crippen MR) is 39.5 cm³/mol. The Kier molecular flexibility index (Phi) is 2.09. The number of pyridine rings is 1. The molecule has 0 fully saturated rings. The molecule has 1 aromatic heterocycles. The lowest BCUT2D eigenvalue weighted by Crippen LogP contribution is -2.03. The molecule has 1 rings (SSSR count). The Hall–Kier alpha value is -2.18. The summed E-state index contributed by atoms with van der Waals surface area (Å²) in [7, 11) is 0. The number of carboxylic acids is 1. The molecule has 0 unspecified atom stereocenters. The van der Waals surface area contributed by atoms with E-state index in [1.165, 1.54) is 0 Å². The van der Waals surface area contributed by atoms with E-state index >= 15 is 0 Å². The average molecular weight is 184 g/mol. The topological polar surface area (TPSA) is 114 Å². The van der Waals surface area contributed by atoms with Gasteiger partial charge in [0.25, 0.3) is 0 Å². The van der Waals surface area contributed by atoms with Crippen LogP contribution in [0.2, 0.25) is 0 Å². The number of aromatic hydroxyl groups is 1. The largest absolute Gasteiger partial charge is 0.501 e. The fourth-order valence-electron chi connectivity index (χ4n) is 0.791. The molecule has 0 aliphatic carbocycles. The van der Waals surface area contributed by atoms with Gasteiger partial charge in [-0.3, -0.25) is 15.1 Å². The van der Waals surface area contributed by atoms with Gasteiger partial charge in [-0.2, -0.15) is 0 Å². The second-order valence-electron chi connectivity index (χ2n) is 2.12. The number of carbonyl (C=O) groups is 1. The summed E-state index contributed by atoms with van der Waals surface area (Å²) < 4.78 is 0. The molecule has 13 heavy (non-hydrogen) atoms. The van der Waals surface area contributed by atoms with Gasteiger partial charge < -0.3 is 10.2 Å². The van der Waals surface area contributed by atoms with Gasteiger partial charge >= 0.3 is 11.7 Å². The number of nitro groups is 1. The van der Waals surface area contributed by atoms with Crippen LogP contribution in [0.15, 0.2) is 12.4 Å². The molecule has 0 spiro atoms. The Morgan fingerprint density at radius 2 is 2.15 bits per heavy atom. The number of aromatic nitrogens is 1. The lowest BCUT2D eigenvalue weighted by Gasteiger charge is -1.97. The van der Waals surface area contributed by atoms with Crippen molar-refractivity contribution in [2.75, 3.05) is 0 Å². The van der Waals surface area contributed by atoms with Crippen LogP contribution in [0.1, 0.15) is 10.4 Å². The molecule has 0 aliphatic heterocycles. The number of hydrogen-bond acceptors (Lipinski definition) is 5. The van der Waals surface area contributed by atoms with Crippen LogP contribution in [-0.4, -0.2) is 26.1 Å². The highest BCUT2D eigenvalue weighted by Gasteiger charge is 2.24. The SMILES string of the molecule is O=C(O)c1cncc(O)c1[N+](=O)[O-]. The normalized spacial score (nSPS) is 9.54. The first-order valence-corrected chi connectivity index (χ1v) is 3.08. The number of aromatic carboxylic acids is 1. The zero-order valence-electron chi connectivity index (χ0n) is 6.17. The molecule has 7 nitrogen and oxygen atoms in total. The van der Waals surface area contributed by atoms with Crippen LogP contribution in [-0.2, 0) is 0 Å². The summed E-state index contributed by atoms with van der Waals surface area (Å²) >= 11 is 0. The van der Waals surface area contributed by atoms with Crippen molar-refractivity contribution in [3.05, 3.63) is 28.1 Å². The molecule has 0 aliphatic rings. The summed E-state index contributed by atoms with van der Waals surface area (Å²) in [5.74, 6) is -2.26. The van der Waals surface area contributed by atoms with Gasteiger partial charge in [0.15, 0.2) is 5.56 Å². The van der Waals surface area contributed by atoms with E-state index in [4.69, 9.17) is 10.2 Å². The minimum atomic E-state index is -1.50. The predicted octanol–water partition coefficient (Wildman–Crippen LogP) is 0.394. The molecule has 2 N–H and O–H groups in total. The van der Waals surface area contributed by atoms with E-state index in [1.54, 1.807) is 0 Å². The van der Waals surface area contributed by atoms with Crippen LogP contribution in [0.3, 0.4) is 0 Å². The van der Waals surface area contributed by atoms with Crippen LogP contribution >= 0.6 is 0 Å². The van der Waals surface area contributed by atoms with E-state index in [0.29, 0.717) is 0 Å². The molecule has 0 amide bonds. The maximum absolute atomic E-state index is 10.4. The average Bonchev–Trinajstić information content (AvgIpc) is 2.02. The Bertz CT molecular complexity index is 375. The monoisotopic (exact) mass is 184 g/mol. The Morgan fingerprint density at radius 3 is 2.54 bits per heavy atom. The third-order valence-electron chi connectivity index (χ3n) is 1.31. The van der Waals surface area contributed by atoms with E-state index in [9.17, 15) is 14.9 Å². The minimum absolute atomic E-state index is 0.634. The van der Waals surface area contributed by atoms with E-state index in [1.807, 2.05) is 0 Å². The molecule has 68 valence electrons. The number of carboxylic acid groups (broad SMARTS) is 1. The van der Waals surface area contributed by atoms with Gasteiger partial charge in [0.2, 0.25) is 5.75 Å². The molecule has 1 aromatic rings. The quantitative estimate of drug-likeness (QED) is 0.507. The van der Waals surface area contributed by atoms with Gasteiger partial charge in [0, 0.05) is 6.20 Å². The maximum Gasteiger partial charge on any atom is 0.344 e. The van der Waals surface area contributed by atoms with Crippen molar-refractivity contribution in [2.24, 2.45) is 0 Å². The molecular formula is C6H4N2O5. The molecule has 0 aromatic carbocycles. The third kappa shape index (κ3) is 1.53. The van der Waals surface area contributed by atoms with Gasteiger partial charge in [-0.15, -0.1) is 0 Å². The highest BCUT2D eigenvalue weighted by molar-refractivity contribution is 5.93. The first kappa shape index (κ1) is 8.91. The molecular weight excluding hydrogens is 180 g/mol. The zero-order valence-corrected chi connectivity index (χ0v) is 6.17. The van der Waals surface area contributed by atoms with Crippen LogP contribution in [0, 0.1) is 10.1 Å². The third-order valence-corrected chi connectivity index (χ3v) is 1.31. The molecule has 0 bridgehead atoms. The summed E-state index contributed by atoms with van der Waals surface area (Å²) in [5, 5.41) is 27.7. The molecule has 0 saturated heterocycles. The molecule has 1 heterocycles. The standard InChI is InChI=1S/C6H4N2O5/c9-4-2-7-1-3(6(10)11)5(4)8(12)13/h1-2,9H,(H,10,11). The summed E-state index contributed by atoms with van der Waals surface area (Å²) in [4.78, 5) is 23.1. The summed E-state index contributed by atoms with van der Waals surface area (Å²) in [6, 6.07) is 0. The van der Waals surface area contributed by atoms with Gasteiger partial charge in [0.05, 0.1) is 11.1 Å². The van der Waals surface area contributed by atoms with Gasteiger partial charge in [0.1, 0.15) is 0 Å². The van der Waals surface area contributed by atoms with Crippen molar-refractivity contribution in [2.45, 2.75) is 0 Å². The Balaban J connectivity index is 3.43.